The van der Waals surface area contributed by atoms with Gasteiger partial charge in [-0.3, -0.25) is 10.1 Å². The number of carboxylic acids is 1. The van der Waals surface area contributed by atoms with Crippen molar-refractivity contribution in [3.05, 3.63) is 75.3 Å². The van der Waals surface area contributed by atoms with Crippen LogP contribution < -0.4 is 0 Å². The number of rotatable bonds is 2. The van der Waals surface area contributed by atoms with E-state index in [-0.39, 0.29) is 16.8 Å². The van der Waals surface area contributed by atoms with Crippen molar-refractivity contribution in [1.29, 1.82) is 0 Å². The number of hydrogen-bond acceptors (Lipinski definition) is 3. The number of hydrogen-bond donors (Lipinski definition) is 1. The van der Waals surface area contributed by atoms with Gasteiger partial charge < -0.3 is 5.11 Å². The quantitative estimate of drug-likeness (QED) is 0.515. The summed E-state index contributed by atoms with van der Waals surface area (Å²) in [6.07, 6.45) is 0. The molecule has 0 aliphatic carbocycles. The van der Waals surface area contributed by atoms with E-state index in [0.717, 1.165) is 6.07 Å². The van der Waals surface area contributed by atoms with Gasteiger partial charge in [-0.25, -0.2) is 4.79 Å². The van der Waals surface area contributed by atoms with Crippen molar-refractivity contribution < 1.29 is 14.8 Å². The third-order valence-corrected chi connectivity index (χ3v) is 2.56. The standard InChI is InChI=1S/C15H9NO4/c17-15(18)13-8-9-14(16(19)20)12(10-13)7-6-11-4-2-1-3-5-11/h1-5,8-10H,(H,17,18). The van der Waals surface area contributed by atoms with E-state index in [1.807, 2.05) is 6.07 Å². The van der Waals surface area contributed by atoms with Gasteiger partial charge in [-0.05, 0) is 24.3 Å². The van der Waals surface area contributed by atoms with E-state index < -0.39 is 10.9 Å². The Labute approximate surface area is 114 Å². The third kappa shape index (κ3) is 3.00. The van der Waals surface area contributed by atoms with Gasteiger partial charge in [0.15, 0.2) is 0 Å². The molecule has 5 nitrogen and oxygen atoms in total. The number of carboxylic acid groups (broad SMARTS) is 1. The largest absolute Gasteiger partial charge is 0.478 e. The lowest BCUT2D eigenvalue weighted by Gasteiger charge is -1.98. The second-order valence-corrected chi connectivity index (χ2v) is 3.91. The second kappa shape index (κ2) is 5.67. The topological polar surface area (TPSA) is 80.4 Å². The number of aromatic carboxylic acids is 1. The molecular weight excluding hydrogens is 258 g/mol. The Bertz CT molecular complexity index is 727. The summed E-state index contributed by atoms with van der Waals surface area (Å²) in [7, 11) is 0. The minimum Gasteiger partial charge on any atom is -0.478 e. The average Bonchev–Trinajstić information content (AvgIpc) is 2.45. The Hall–Kier alpha value is -3.13. The number of nitrogens with zero attached hydrogens (tertiary/aromatic N) is 1. The van der Waals surface area contributed by atoms with Crippen molar-refractivity contribution in [2.24, 2.45) is 0 Å². The van der Waals surface area contributed by atoms with Crippen LogP contribution in [0, 0.1) is 22.0 Å². The lowest BCUT2D eigenvalue weighted by Crippen LogP contribution is -1.99. The smallest absolute Gasteiger partial charge is 0.335 e. The van der Waals surface area contributed by atoms with Crippen molar-refractivity contribution in [2.45, 2.75) is 0 Å². The van der Waals surface area contributed by atoms with Crippen molar-refractivity contribution >= 4 is 11.7 Å². The zero-order valence-electron chi connectivity index (χ0n) is 10.2. The number of benzene rings is 2. The molecule has 2 aromatic carbocycles. The van der Waals surface area contributed by atoms with Crippen molar-refractivity contribution in [3.8, 4) is 11.8 Å². The molecule has 0 unspecified atom stereocenters. The van der Waals surface area contributed by atoms with E-state index in [1.54, 1.807) is 24.3 Å². The highest BCUT2D eigenvalue weighted by Gasteiger charge is 2.14. The lowest BCUT2D eigenvalue weighted by molar-refractivity contribution is -0.385. The molecule has 1 N–H and O–H groups in total. The molecule has 2 rings (SSSR count). The Morgan fingerprint density at radius 3 is 2.40 bits per heavy atom. The second-order valence-electron chi connectivity index (χ2n) is 3.91. The Balaban J connectivity index is 2.49. The van der Waals surface area contributed by atoms with Crippen molar-refractivity contribution in [1.82, 2.24) is 0 Å². The van der Waals surface area contributed by atoms with E-state index in [9.17, 15) is 14.9 Å². The van der Waals surface area contributed by atoms with Gasteiger partial charge in [0.05, 0.1) is 10.5 Å². The molecule has 0 saturated carbocycles. The van der Waals surface area contributed by atoms with Gasteiger partial charge in [-0.2, -0.15) is 0 Å². The summed E-state index contributed by atoms with van der Waals surface area (Å²) in [4.78, 5) is 21.2. The maximum absolute atomic E-state index is 10.9. The van der Waals surface area contributed by atoms with E-state index in [2.05, 4.69) is 11.8 Å². The predicted molar refractivity (Wildman–Crippen MR) is 72.5 cm³/mol. The highest BCUT2D eigenvalue weighted by molar-refractivity contribution is 5.88. The van der Waals surface area contributed by atoms with E-state index in [1.165, 1.54) is 12.1 Å². The molecule has 0 spiro atoms. The lowest BCUT2D eigenvalue weighted by atomic mass is 10.1. The van der Waals surface area contributed by atoms with Gasteiger partial charge in [0.1, 0.15) is 5.56 Å². The van der Waals surface area contributed by atoms with Crippen molar-refractivity contribution in [3.63, 3.8) is 0 Å². The zero-order chi connectivity index (χ0) is 14.5. The predicted octanol–water partition coefficient (Wildman–Crippen LogP) is 2.69. The summed E-state index contributed by atoms with van der Waals surface area (Å²) in [5, 5.41) is 19.8. The van der Waals surface area contributed by atoms with Gasteiger partial charge in [-0.15, -0.1) is 0 Å². The number of nitro groups is 1. The molecular formula is C15H9NO4. The fourth-order valence-electron chi connectivity index (χ4n) is 1.59. The number of nitro benzene ring substituents is 1. The molecule has 0 atom stereocenters. The minimum absolute atomic E-state index is 0.0343. The third-order valence-electron chi connectivity index (χ3n) is 2.56. The first kappa shape index (κ1) is 13.3. The minimum atomic E-state index is -1.15. The van der Waals surface area contributed by atoms with Gasteiger partial charge >= 0.3 is 5.97 Å². The molecule has 98 valence electrons. The Morgan fingerprint density at radius 1 is 1.10 bits per heavy atom. The van der Waals surface area contributed by atoms with Crippen LogP contribution in [0.4, 0.5) is 5.69 Å². The van der Waals surface area contributed by atoms with Crippen LogP contribution in [0.3, 0.4) is 0 Å². The molecule has 0 aromatic heterocycles. The highest BCUT2D eigenvalue weighted by atomic mass is 16.6. The summed E-state index contributed by atoms with van der Waals surface area (Å²) in [6.45, 7) is 0. The van der Waals surface area contributed by atoms with Crippen LogP contribution in [0.25, 0.3) is 0 Å². The first-order valence-corrected chi connectivity index (χ1v) is 5.67. The summed E-state index contributed by atoms with van der Waals surface area (Å²) in [5.74, 6) is 4.28. The van der Waals surface area contributed by atoms with E-state index in [4.69, 9.17) is 5.11 Å². The molecule has 0 aliphatic rings. The van der Waals surface area contributed by atoms with Gasteiger partial charge in [0.2, 0.25) is 0 Å². The normalized spacial score (nSPS) is 9.40. The van der Waals surface area contributed by atoms with Gasteiger partial charge in [0.25, 0.3) is 5.69 Å². The van der Waals surface area contributed by atoms with Crippen LogP contribution in [-0.2, 0) is 0 Å². The van der Waals surface area contributed by atoms with Crippen LogP contribution in [0.5, 0.6) is 0 Å². The highest BCUT2D eigenvalue weighted by Crippen LogP contribution is 2.19. The maximum atomic E-state index is 10.9. The molecule has 2 aromatic rings. The first-order chi connectivity index (χ1) is 9.58. The van der Waals surface area contributed by atoms with Crippen LogP contribution >= 0.6 is 0 Å². The average molecular weight is 267 g/mol. The molecule has 0 bridgehead atoms. The molecule has 0 radical (unpaired) electrons. The molecule has 0 aliphatic heterocycles. The van der Waals surface area contributed by atoms with Gasteiger partial charge in [0, 0.05) is 11.6 Å². The summed E-state index contributed by atoms with van der Waals surface area (Å²) in [6, 6.07) is 12.5. The van der Waals surface area contributed by atoms with Crippen LogP contribution in [0.15, 0.2) is 48.5 Å². The SMILES string of the molecule is O=C(O)c1ccc([N+](=O)[O-])c(C#Cc2ccccc2)c1. The molecule has 0 fully saturated rings. The molecule has 0 amide bonds. The van der Waals surface area contributed by atoms with E-state index >= 15 is 0 Å². The van der Waals surface area contributed by atoms with Crippen LogP contribution in [-0.4, -0.2) is 16.0 Å². The van der Waals surface area contributed by atoms with E-state index in [0.29, 0.717) is 5.56 Å². The maximum Gasteiger partial charge on any atom is 0.335 e. The summed E-state index contributed by atoms with van der Waals surface area (Å²) >= 11 is 0. The fourth-order valence-corrected chi connectivity index (χ4v) is 1.59. The number of carbonyl (C=O) groups is 1. The monoisotopic (exact) mass is 267 g/mol. The summed E-state index contributed by atoms with van der Waals surface area (Å²) < 4.78 is 0. The molecule has 0 heterocycles. The summed E-state index contributed by atoms with van der Waals surface area (Å²) in [5.41, 5.74) is 0.535. The fraction of sp³-hybridized carbons (Fsp3) is 0. The van der Waals surface area contributed by atoms with Crippen molar-refractivity contribution in [2.75, 3.05) is 0 Å². The van der Waals surface area contributed by atoms with Crippen LogP contribution in [0.2, 0.25) is 0 Å². The molecule has 20 heavy (non-hydrogen) atoms. The first-order valence-electron chi connectivity index (χ1n) is 5.67. The van der Waals surface area contributed by atoms with Gasteiger partial charge in [-0.1, -0.05) is 30.0 Å². The Morgan fingerprint density at radius 2 is 1.80 bits per heavy atom. The van der Waals surface area contributed by atoms with Crippen LogP contribution in [0.1, 0.15) is 21.5 Å². The Kier molecular flexibility index (Phi) is 3.77. The molecule has 5 heteroatoms. The zero-order valence-corrected chi connectivity index (χ0v) is 10.2. The molecule has 0 saturated heterocycles.